The van der Waals surface area contributed by atoms with Gasteiger partial charge in [-0.05, 0) is 41.5 Å². The van der Waals surface area contributed by atoms with Crippen molar-refractivity contribution in [2.75, 3.05) is 0 Å². The lowest BCUT2D eigenvalue weighted by molar-refractivity contribution is 0.660. The molecule has 3 heterocycles. The predicted molar refractivity (Wildman–Crippen MR) is 180 cm³/mol. The number of aromatic nitrogens is 1. The Balaban J connectivity index is 1.30. The number of aliphatic imine (C=N–C) groups is 2. The average Bonchev–Trinajstić information content (AvgIpc) is 3.64. The summed E-state index contributed by atoms with van der Waals surface area (Å²) in [5.74, 6) is 1.41. The highest BCUT2D eigenvalue weighted by atomic mass is 16.3. The Kier molecular flexibility index (Phi) is 5.50. The van der Waals surface area contributed by atoms with Crippen molar-refractivity contribution in [3.63, 3.8) is 0 Å². The van der Waals surface area contributed by atoms with Crippen LogP contribution in [0, 0.1) is 0 Å². The number of rotatable bonds is 3. The van der Waals surface area contributed by atoms with Gasteiger partial charge in [-0.15, -0.1) is 0 Å². The van der Waals surface area contributed by atoms with Crippen LogP contribution in [0.25, 0.3) is 54.9 Å². The molecule has 1 aliphatic heterocycles. The SMILES string of the molecule is c1ccc(C2=NC(n3c4ccccc4c4cc(-c5ccccc5)ccc43)=NC(c3cccc4oc5ccccc5c34)N2)cc1. The summed E-state index contributed by atoms with van der Waals surface area (Å²) in [4.78, 5) is 10.5. The topological polar surface area (TPSA) is 54.8 Å². The second-order valence-electron chi connectivity index (χ2n) is 11.1. The fourth-order valence-electron chi connectivity index (χ4n) is 6.47. The highest BCUT2D eigenvalue weighted by Crippen LogP contribution is 2.37. The maximum absolute atomic E-state index is 6.25. The number of para-hydroxylation sites is 2. The molecular weight excluding hydrogens is 540 g/mol. The molecule has 1 aliphatic rings. The second-order valence-corrected chi connectivity index (χ2v) is 11.1. The fraction of sp³-hybridized carbons (Fsp3) is 0.0256. The van der Waals surface area contributed by atoms with Gasteiger partial charge in [0.05, 0.1) is 11.0 Å². The smallest absolute Gasteiger partial charge is 0.234 e. The zero-order valence-corrected chi connectivity index (χ0v) is 23.7. The third kappa shape index (κ3) is 3.87. The number of nitrogens with zero attached hydrogens (tertiary/aromatic N) is 3. The van der Waals surface area contributed by atoms with Crippen molar-refractivity contribution in [2.24, 2.45) is 9.98 Å². The normalized spacial score (nSPS) is 15.0. The molecule has 0 saturated carbocycles. The minimum absolute atomic E-state index is 0.387. The minimum atomic E-state index is -0.387. The molecule has 0 fully saturated rings. The van der Waals surface area contributed by atoms with Crippen LogP contribution in [0.3, 0.4) is 0 Å². The Morgan fingerprint density at radius 3 is 2.07 bits per heavy atom. The highest BCUT2D eigenvalue weighted by molar-refractivity contribution is 6.18. The van der Waals surface area contributed by atoms with Crippen LogP contribution in [-0.4, -0.2) is 16.4 Å². The molecule has 44 heavy (non-hydrogen) atoms. The zero-order valence-electron chi connectivity index (χ0n) is 23.7. The van der Waals surface area contributed by atoms with Gasteiger partial charge in [0, 0.05) is 32.7 Å². The molecule has 0 aliphatic carbocycles. The molecule has 0 amide bonds. The predicted octanol–water partition coefficient (Wildman–Crippen LogP) is 9.31. The van der Waals surface area contributed by atoms with E-state index in [1.807, 2.05) is 42.5 Å². The van der Waals surface area contributed by atoms with Crippen LogP contribution >= 0.6 is 0 Å². The lowest BCUT2D eigenvalue weighted by Crippen LogP contribution is -2.35. The van der Waals surface area contributed by atoms with Gasteiger partial charge in [0.15, 0.2) is 6.17 Å². The Hall–Kier alpha value is -5.94. The van der Waals surface area contributed by atoms with Crippen molar-refractivity contribution in [3.05, 3.63) is 157 Å². The summed E-state index contributed by atoms with van der Waals surface area (Å²) in [6.45, 7) is 0. The number of furan rings is 1. The van der Waals surface area contributed by atoms with Gasteiger partial charge in [0.1, 0.15) is 17.0 Å². The first-order valence-corrected chi connectivity index (χ1v) is 14.8. The van der Waals surface area contributed by atoms with E-state index in [-0.39, 0.29) is 6.17 Å². The summed E-state index contributed by atoms with van der Waals surface area (Å²) >= 11 is 0. The molecule has 8 aromatic rings. The van der Waals surface area contributed by atoms with Crippen molar-refractivity contribution < 1.29 is 4.42 Å². The van der Waals surface area contributed by atoms with Gasteiger partial charge in [0.25, 0.3) is 0 Å². The Morgan fingerprint density at radius 2 is 1.23 bits per heavy atom. The van der Waals surface area contributed by atoms with E-state index in [9.17, 15) is 0 Å². The van der Waals surface area contributed by atoms with Gasteiger partial charge in [-0.25, -0.2) is 4.99 Å². The molecule has 9 rings (SSSR count). The zero-order chi connectivity index (χ0) is 29.0. The quantitative estimate of drug-likeness (QED) is 0.232. The minimum Gasteiger partial charge on any atom is -0.456 e. The van der Waals surface area contributed by atoms with E-state index in [1.54, 1.807) is 0 Å². The monoisotopic (exact) mass is 566 g/mol. The van der Waals surface area contributed by atoms with Crippen LogP contribution in [-0.2, 0) is 0 Å². The van der Waals surface area contributed by atoms with Crippen LogP contribution in [0.2, 0.25) is 0 Å². The lowest BCUT2D eigenvalue weighted by atomic mass is 10.0. The van der Waals surface area contributed by atoms with Gasteiger partial charge in [-0.2, -0.15) is 4.99 Å². The molecule has 0 bridgehead atoms. The van der Waals surface area contributed by atoms with E-state index in [2.05, 4.69) is 113 Å². The number of hydrogen-bond donors (Lipinski definition) is 1. The number of amidine groups is 1. The van der Waals surface area contributed by atoms with Crippen molar-refractivity contribution in [3.8, 4) is 11.1 Å². The first-order chi connectivity index (χ1) is 21.8. The first kappa shape index (κ1) is 24.6. The number of hydrogen-bond acceptors (Lipinski definition) is 4. The maximum Gasteiger partial charge on any atom is 0.234 e. The maximum atomic E-state index is 6.25. The molecule has 0 radical (unpaired) electrons. The number of nitrogens with one attached hydrogen (secondary N) is 1. The van der Waals surface area contributed by atoms with E-state index in [0.717, 1.165) is 55.3 Å². The lowest BCUT2D eigenvalue weighted by Gasteiger charge is -2.24. The number of fused-ring (bicyclic) bond motifs is 6. The highest BCUT2D eigenvalue weighted by Gasteiger charge is 2.26. The van der Waals surface area contributed by atoms with Crippen LogP contribution in [0.15, 0.2) is 160 Å². The van der Waals surface area contributed by atoms with E-state index in [4.69, 9.17) is 14.4 Å². The van der Waals surface area contributed by atoms with E-state index in [0.29, 0.717) is 5.96 Å². The number of benzene rings is 6. The second kappa shape index (κ2) is 9.82. The first-order valence-electron chi connectivity index (χ1n) is 14.8. The van der Waals surface area contributed by atoms with Gasteiger partial charge in [0.2, 0.25) is 5.96 Å². The van der Waals surface area contributed by atoms with E-state index >= 15 is 0 Å². The molecule has 208 valence electrons. The summed E-state index contributed by atoms with van der Waals surface area (Å²) in [7, 11) is 0. The molecule has 0 saturated heterocycles. The third-order valence-corrected chi connectivity index (χ3v) is 8.49. The Morgan fingerprint density at radius 1 is 0.545 bits per heavy atom. The summed E-state index contributed by atoms with van der Waals surface area (Å²) in [5, 5.41) is 8.13. The molecule has 2 aromatic heterocycles. The molecule has 1 atom stereocenters. The van der Waals surface area contributed by atoms with Crippen molar-refractivity contribution >= 4 is 55.5 Å². The molecule has 1 N–H and O–H groups in total. The van der Waals surface area contributed by atoms with Crippen LogP contribution in [0.4, 0.5) is 0 Å². The summed E-state index contributed by atoms with van der Waals surface area (Å²) in [5.41, 5.74) is 8.25. The van der Waals surface area contributed by atoms with Crippen LogP contribution < -0.4 is 5.32 Å². The Bertz CT molecular complexity index is 2420. The van der Waals surface area contributed by atoms with E-state index < -0.39 is 0 Å². The molecular formula is C39H26N4O. The average molecular weight is 567 g/mol. The molecule has 5 heteroatoms. The van der Waals surface area contributed by atoms with Gasteiger partial charge in [-0.1, -0.05) is 115 Å². The molecule has 6 aromatic carbocycles. The van der Waals surface area contributed by atoms with Gasteiger partial charge < -0.3 is 9.73 Å². The fourth-order valence-corrected chi connectivity index (χ4v) is 6.47. The van der Waals surface area contributed by atoms with Crippen molar-refractivity contribution in [1.82, 2.24) is 9.88 Å². The standard InChI is InChI=1S/C39H26N4O/c1-3-12-25(13-4-1)27-22-23-33-31(24-27)28-16-7-9-19-32(28)43(33)39-41-37(26-14-5-2-6-15-26)40-38(42-39)30-18-11-21-35-36(30)29-17-8-10-20-34(29)44-35/h1-24,38H,(H,40,41,42). The van der Waals surface area contributed by atoms with Crippen molar-refractivity contribution in [2.45, 2.75) is 6.17 Å². The summed E-state index contributed by atoms with van der Waals surface area (Å²) < 4.78 is 8.44. The van der Waals surface area contributed by atoms with Crippen molar-refractivity contribution in [1.29, 1.82) is 0 Å². The van der Waals surface area contributed by atoms with E-state index in [1.165, 1.54) is 16.5 Å². The van der Waals surface area contributed by atoms with Gasteiger partial charge >= 0.3 is 0 Å². The van der Waals surface area contributed by atoms with Crippen LogP contribution in [0.5, 0.6) is 0 Å². The summed E-state index contributed by atoms with van der Waals surface area (Å²) in [6.07, 6.45) is -0.387. The Labute approximate surface area is 253 Å². The van der Waals surface area contributed by atoms with Gasteiger partial charge in [-0.3, -0.25) is 4.57 Å². The largest absolute Gasteiger partial charge is 0.456 e. The van der Waals surface area contributed by atoms with Crippen LogP contribution in [0.1, 0.15) is 17.3 Å². The molecule has 1 unspecified atom stereocenters. The molecule has 0 spiro atoms. The molecule has 5 nitrogen and oxygen atoms in total. The third-order valence-electron chi connectivity index (χ3n) is 8.49. The summed E-state index contributed by atoms with van der Waals surface area (Å²) in [6, 6.07) is 50.3.